The highest BCUT2D eigenvalue weighted by atomic mass is 35.5. The molecular weight excluding hydrogens is 386 g/mol. The number of carbonyl (C=O) groups is 2. The van der Waals surface area contributed by atoms with E-state index < -0.39 is 5.97 Å². The van der Waals surface area contributed by atoms with Gasteiger partial charge in [0.15, 0.2) is 16.7 Å². The van der Waals surface area contributed by atoms with Crippen LogP contribution >= 0.6 is 11.6 Å². The Morgan fingerprint density at radius 3 is 2.86 bits per heavy atom. The second kappa shape index (κ2) is 8.57. The van der Waals surface area contributed by atoms with Crippen molar-refractivity contribution in [3.05, 3.63) is 40.6 Å². The number of halogens is 1. The summed E-state index contributed by atoms with van der Waals surface area (Å²) in [6.07, 6.45) is 0.975. The Balaban J connectivity index is 1.68. The standard InChI is InChI=1S/C18H22ClN5O4/c1-3-10-15(19)23-16(21-10)17(25)22-11-7-8-24(9-13(11)28-2)14-6-4-5-12(20-14)18(26)27/h4-6,11,13H,3,7-9H2,1-2H3,(H,21,23)(H,22,25)(H,26,27)/t11?,13-/m0/s1. The van der Waals surface area contributed by atoms with E-state index in [1.807, 2.05) is 11.8 Å². The molecule has 0 radical (unpaired) electrons. The number of imidazole rings is 1. The van der Waals surface area contributed by atoms with Crippen LogP contribution in [0.3, 0.4) is 0 Å². The number of anilines is 1. The number of piperidine rings is 1. The fourth-order valence-corrected chi connectivity index (χ4v) is 3.48. The Bertz CT molecular complexity index is 871. The highest BCUT2D eigenvalue weighted by Crippen LogP contribution is 2.21. The number of carboxylic acids is 1. The van der Waals surface area contributed by atoms with E-state index in [9.17, 15) is 9.59 Å². The lowest BCUT2D eigenvalue weighted by Gasteiger charge is -2.38. The Labute approximate surface area is 167 Å². The summed E-state index contributed by atoms with van der Waals surface area (Å²) in [6, 6.07) is 4.65. The van der Waals surface area contributed by atoms with Gasteiger partial charge in [-0.1, -0.05) is 24.6 Å². The van der Waals surface area contributed by atoms with Gasteiger partial charge >= 0.3 is 5.97 Å². The second-order valence-electron chi connectivity index (χ2n) is 6.48. The van der Waals surface area contributed by atoms with Crippen LogP contribution < -0.4 is 10.2 Å². The van der Waals surface area contributed by atoms with Crippen LogP contribution in [-0.4, -0.2) is 64.3 Å². The number of H-pyrrole nitrogens is 1. The first-order valence-electron chi connectivity index (χ1n) is 8.96. The van der Waals surface area contributed by atoms with Crippen LogP contribution in [0, 0.1) is 0 Å². The molecule has 1 aliphatic rings. The summed E-state index contributed by atoms with van der Waals surface area (Å²) in [6.45, 7) is 2.99. The molecule has 1 unspecified atom stereocenters. The summed E-state index contributed by atoms with van der Waals surface area (Å²) in [5.41, 5.74) is 0.706. The molecule has 3 N–H and O–H groups in total. The lowest BCUT2D eigenvalue weighted by Crippen LogP contribution is -2.55. The Morgan fingerprint density at radius 2 is 2.21 bits per heavy atom. The van der Waals surface area contributed by atoms with E-state index in [2.05, 4.69) is 20.3 Å². The molecule has 2 atom stereocenters. The maximum Gasteiger partial charge on any atom is 0.354 e. The number of carbonyl (C=O) groups excluding carboxylic acids is 1. The van der Waals surface area contributed by atoms with Gasteiger partial charge in [0, 0.05) is 20.2 Å². The molecule has 150 valence electrons. The zero-order valence-corrected chi connectivity index (χ0v) is 16.4. The molecule has 0 aliphatic carbocycles. The molecule has 10 heteroatoms. The minimum absolute atomic E-state index is 0.0108. The van der Waals surface area contributed by atoms with Gasteiger partial charge in [0.2, 0.25) is 0 Å². The van der Waals surface area contributed by atoms with E-state index in [0.29, 0.717) is 42.6 Å². The smallest absolute Gasteiger partial charge is 0.354 e. The molecule has 1 amide bonds. The molecule has 0 aromatic carbocycles. The van der Waals surface area contributed by atoms with Crippen LogP contribution in [0.25, 0.3) is 0 Å². The number of ether oxygens (including phenoxy) is 1. The van der Waals surface area contributed by atoms with E-state index in [4.69, 9.17) is 21.4 Å². The lowest BCUT2D eigenvalue weighted by atomic mass is 10.0. The van der Waals surface area contributed by atoms with Crippen LogP contribution in [0.2, 0.25) is 5.15 Å². The van der Waals surface area contributed by atoms with Gasteiger partial charge in [0.05, 0.1) is 17.8 Å². The second-order valence-corrected chi connectivity index (χ2v) is 6.84. The quantitative estimate of drug-likeness (QED) is 0.666. The van der Waals surface area contributed by atoms with Gasteiger partial charge in [-0.3, -0.25) is 4.79 Å². The van der Waals surface area contributed by atoms with Crippen molar-refractivity contribution in [1.29, 1.82) is 0 Å². The number of rotatable bonds is 6. The van der Waals surface area contributed by atoms with Crippen LogP contribution in [0.4, 0.5) is 5.82 Å². The summed E-state index contributed by atoms with van der Waals surface area (Å²) in [7, 11) is 1.58. The molecular formula is C18H22ClN5O4. The molecule has 1 fully saturated rings. The topological polar surface area (TPSA) is 120 Å². The Kier molecular flexibility index (Phi) is 6.15. The van der Waals surface area contributed by atoms with Gasteiger partial charge in [0.1, 0.15) is 5.82 Å². The number of methoxy groups -OCH3 is 1. The summed E-state index contributed by atoms with van der Waals surface area (Å²) < 4.78 is 5.56. The van der Waals surface area contributed by atoms with Crippen molar-refractivity contribution >= 4 is 29.3 Å². The van der Waals surface area contributed by atoms with Gasteiger partial charge < -0.3 is 25.0 Å². The fraction of sp³-hybridized carbons (Fsp3) is 0.444. The first-order valence-corrected chi connectivity index (χ1v) is 9.34. The number of pyridine rings is 1. The summed E-state index contributed by atoms with van der Waals surface area (Å²) in [4.78, 5) is 36.8. The molecule has 1 saturated heterocycles. The SMILES string of the molecule is CCc1[nH]c(C(=O)NC2CCN(c3cccc(C(=O)O)n3)C[C@@H]2OC)nc1Cl. The highest BCUT2D eigenvalue weighted by Gasteiger charge is 2.32. The number of amides is 1. The predicted molar refractivity (Wildman–Crippen MR) is 103 cm³/mol. The zero-order valence-electron chi connectivity index (χ0n) is 15.6. The number of hydrogen-bond acceptors (Lipinski definition) is 6. The van der Waals surface area contributed by atoms with Crippen molar-refractivity contribution in [1.82, 2.24) is 20.3 Å². The van der Waals surface area contributed by atoms with Crippen LogP contribution in [0.1, 0.15) is 40.1 Å². The van der Waals surface area contributed by atoms with Gasteiger partial charge in [-0.2, -0.15) is 0 Å². The predicted octanol–water partition coefficient (Wildman–Crippen LogP) is 1.74. The normalized spacial score (nSPS) is 19.5. The first-order chi connectivity index (χ1) is 13.4. The summed E-state index contributed by atoms with van der Waals surface area (Å²) in [5.74, 6) is -0.670. The third-order valence-corrected chi connectivity index (χ3v) is 5.07. The largest absolute Gasteiger partial charge is 0.477 e. The first kappa shape index (κ1) is 20.1. The van der Waals surface area contributed by atoms with Gasteiger partial charge in [0.25, 0.3) is 5.91 Å². The Morgan fingerprint density at radius 1 is 1.43 bits per heavy atom. The third-order valence-electron chi connectivity index (χ3n) is 4.75. The molecule has 9 nitrogen and oxygen atoms in total. The number of aromatic amines is 1. The van der Waals surface area contributed by atoms with Crippen molar-refractivity contribution < 1.29 is 19.4 Å². The zero-order chi connectivity index (χ0) is 20.3. The molecule has 0 spiro atoms. The molecule has 0 saturated carbocycles. The third kappa shape index (κ3) is 4.26. The van der Waals surface area contributed by atoms with Gasteiger partial charge in [-0.15, -0.1) is 0 Å². The number of nitrogens with zero attached hydrogens (tertiary/aromatic N) is 3. The monoisotopic (exact) mass is 407 g/mol. The van der Waals surface area contributed by atoms with E-state index in [-0.39, 0.29) is 29.6 Å². The molecule has 3 rings (SSSR count). The van der Waals surface area contributed by atoms with Crippen LogP contribution in [0.5, 0.6) is 0 Å². The molecule has 3 heterocycles. The van der Waals surface area contributed by atoms with Gasteiger partial charge in [-0.25, -0.2) is 14.8 Å². The Hall–Kier alpha value is -2.65. The minimum atomic E-state index is -1.07. The van der Waals surface area contributed by atoms with Gasteiger partial charge in [-0.05, 0) is 25.0 Å². The number of hydrogen-bond donors (Lipinski definition) is 3. The average molecular weight is 408 g/mol. The van der Waals surface area contributed by atoms with Crippen molar-refractivity contribution in [2.45, 2.75) is 31.9 Å². The number of nitrogens with one attached hydrogen (secondary N) is 2. The van der Waals surface area contributed by atoms with Crippen LogP contribution in [0.15, 0.2) is 18.2 Å². The number of carboxylic acid groups (broad SMARTS) is 1. The highest BCUT2D eigenvalue weighted by molar-refractivity contribution is 6.30. The minimum Gasteiger partial charge on any atom is -0.477 e. The summed E-state index contributed by atoms with van der Waals surface area (Å²) >= 11 is 6.01. The van der Waals surface area contributed by atoms with E-state index in [0.717, 1.165) is 0 Å². The molecule has 28 heavy (non-hydrogen) atoms. The van der Waals surface area contributed by atoms with E-state index >= 15 is 0 Å². The lowest BCUT2D eigenvalue weighted by molar-refractivity contribution is 0.0536. The molecule has 2 aromatic rings. The van der Waals surface area contributed by atoms with Crippen molar-refractivity contribution in [3.63, 3.8) is 0 Å². The van der Waals surface area contributed by atoms with Crippen molar-refractivity contribution in [2.24, 2.45) is 0 Å². The fourth-order valence-electron chi connectivity index (χ4n) is 3.21. The number of aromatic carboxylic acids is 1. The molecule has 2 aromatic heterocycles. The van der Waals surface area contributed by atoms with Crippen LogP contribution in [-0.2, 0) is 11.2 Å². The molecule has 1 aliphatic heterocycles. The maximum absolute atomic E-state index is 12.5. The maximum atomic E-state index is 12.5. The van der Waals surface area contributed by atoms with Crippen molar-refractivity contribution in [2.75, 3.05) is 25.1 Å². The number of aromatic nitrogens is 3. The molecule has 0 bridgehead atoms. The van der Waals surface area contributed by atoms with E-state index in [1.54, 1.807) is 19.2 Å². The number of aryl methyl sites for hydroxylation is 1. The van der Waals surface area contributed by atoms with E-state index in [1.165, 1.54) is 6.07 Å². The summed E-state index contributed by atoms with van der Waals surface area (Å²) in [5, 5.41) is 12.4. The average Bonchev–Trinajstić information content (AvgIpc) is 3.09. The van der Waals surface area contributed by atoms with Crippen molar-refractivity contribution in [3.8, 4) is 0 Å².